The topological polar surface area (TPSA) is 182 Å². The Balaban J connectivity index is 0.839. The molecule has 60 heavy (non-hydrogen) atoms. The lowest BCUT2D eigenvalue weighted by molar-refractivity contribution is -0.164. The summed E-state index contributed by atoms with van der Waals surface area (Å²) in [5.74, 6) is -1.30. The number of halogens is 1. The molecule has 1 saturated carbocycles. The highest BCUT2D eigenvalue weighted by Gasteiger charge is 2.64. The third-order valence-electron chi connectivity index (χ3n) is 12.5. The summed E-state index contributed by atoms with van der Waals surface area (Å²) in [6.45, 7) is 11.8. The average Bonchev–Trinajstić information content (AvgIpc) is 3.47. The van der Waals surface area contributed by atoms with E-state index in [1.54, 1.807) is 30.3 Å². The zero-order valence-corrected chi connectivity index (χ0v) is 35.1. The lowest BCUT2D eigenvalue weighted by atomic mass is 9.49. The summed E-state index contributed by atoms with van der Waals surface area (Å²) in [5.41, 5.74) is 1.57. The summed E-state index contributed by atoms with van der Waals surface area (Å²) >= 11 is 6.24. The van der Waals surface area contributed by atoms with Gasteiger partial charge in [0.1, 0.15) is 29.7 Å². The van der Waals surface area contributed by atoms with Crippen molar-refractivity contribution in [3.8, 4) is 17.6 Å². The summed E-state index contributed by atoms with van der Waals surface area (Å²) < 4.78 is 12.3. The van der Waals surface area contributed by atoms with Crippen molar-refractivity contribution in [1.82, 2.24) is 20.4 Å². The summed E-state index contributed by atoms with van der Waals surface area (Å²) in [7, 11) is 0. The highest BCUT2D eigenvalue weighted by Crippen LogP contribution is 2.55. The number of aliphatic hydroxyl groups is 1. The van der Waals surface area contributed by atoms with Gasteiger partial charge in [-0.25, -0.2) is 0 Å². The number of ether oxygens (including phenoxy) is 2. The van der Waals surface area contributed by atoms with Crippen LogP contribution in [-0.2, 0) is 9.59 Å². The number of amides is 5. The number of carbonyl (C=O) groups excluding carboxylic acids is 5. The number of nitrogens with one attached hydrogen (secondary N) is 2. The fraction of sp³-hybridized carbons (Fsp3) is 0.467. The summed E-state index contributed by atoms with van der Waals surface area (Å²) in [6, 6.07) is 18.2. The summed E-state index contributed by atoms with van der Waals surface area (Å²) in [5, 5.41) is 25.3. The minimum atomic E-state index is -1.01. The van der Waals surface area contributed by atoms with Crippen molar-refractivity contribution in [2.75, 3.05) is 44.3 Å². The number of carbonyl (C=O) groups is 5. The van der Waals surface area contributed by atoms with E-state index in [0.717, 1.165) is 49.5 Å². The third-order valence-corrected chi connectivity index (χ3v) is 12.8. The van der Waals surface area contributed by atoms with E-state index in [1.165, 1.54) is 6.07 Å². The Labute approximate surface area is 354 Å². The second-order valence-corrected chi connectivity index (χ2v) is 17.6. The number of nitrogens with zero attached hydrogens (tertiary/aromatic N) is 4. The number of fused-ring (bicyclic) bond motifs is 1. The number of nitriles is 1. The highest BCUT2D eigenvalue weighted by molar-refractivity contribution is 6.31. The number of piperidine rings is 1. The number of anilines is 1. The van der Waals surface area contributed by atoms with Crippen molar-refractivity contribution in [1.29, 1.82) is 5.26 Å². The van der Waals surface area contributed by atoms with Crippen LogP contribution in [0.15, 0.2) is 60.7 Å². The standard InChI is InChI=1S/C45H51ClN6O8/c1-44(2)42(45(3,4)43(44)60-32-13-10-28(24-47)35(46)23-32)49-38(55)27-8-11-29(12-9-27)51-20-19-50(30(25-51)26-53)18-6-5-7-21-59-31-14-15-33-34(22-31)41(58)52(40(33)57)36-16-17-37(54)48-39(36)56/h8-15,22-23,30,36,42-43,53H,5-7,16-21,25-26H2,1-4H3,(H,49,55)(H,48,54,56)/t30-,36?,42?,43?/m0/s1. The first-order chi connectivity index (χ1) is 28.6. The van der Waals surface area contributed by atoms with E-state index >= 15 is 0 Å². The second kappa shape index (κ2) is 17.2. The molecular weight excluding hydrogens is 788 g/mol. The number of hydrogen-bond acceptors (Lipinski definition) is 11. The largest absolute Gasteiger partial charge is 0.494 e. The van der Waals surface area contributed by atoms with E-state index in [0.29, 0.717) is 40.8 Å². The van der Waals surface area contributed by atoms with Gasteiger partial charge in [0.25, 0.3) is 17.7 Å². The molecule has 4 aliphatic rings. The molecule has 5 amide bonds. The number of aliphatic hydroxyl groups excluding tert-OH is 1. The number of rotatable bonds is 14. The van der Waals surface area contributed by atoms with Gasteiger partial charge in [-0.15, -0.1) is 0 Å². The van der Waals surface area contributed by atoms with Crippen LogP contribution in [-0.4, -0.2) is 108 Å². The third kappa shape index (κ3) is 8.31. The van der Waals surface area contributed by atoms with Gasteiger partial charge in [0.05, 0.1) is 41.0 Å². The number of unbranched alkanes of at least 4 members (excludes halogenated alkanes) is 2. The van der Waals surface area contributed by atoms with E-state index in [2.05, 4.69) is 54.2 Å². The van der Waals surface area contributed by atoms with Crippen molar-refractivity contribution in [2.24, 2.45) is 10.8 Å². The SMILES string of the molecule is CC1(C)C(NC(=O)c2ccc(N3CCN(CCCCCOc4ccc5c(c4)C(=O)N(C4CCC(=O)NC4=O)C5=O)[C@H](CO)C3)cc2)C(C)(C)C1Oc1ccc(C#N)c(Cl)c1. The minimum absolute atomic E-state index is 0.0243. The highest BCUT2D eigenvalue weighted by atomic mass is 35.5. The van der Waals surface area contributed by atoms with Crippen LogP contribution in [0.4, 0.5) is 5.69 Å². The van der Waals surface area contributed by atoms with Gasteiger partial charge in [-0.1, -0.05) is 39.3 Å². The van der Waals surface area contributed by atoms with Crippen LogP contribution in [0.2, 0.25) is 5.02 Å². The molecule has 0 bridgehead atoms. The summed E-state index contributed by atoms with van der Waals surface area (Å²) in [4.78, 5) is 69.0. The van der Waals surface area contributed by atoms with E-state index < -0.39 is 29.7 Å². The lowest BCUT2D eigenvalue weighted by Crippen LogP contribution is -2.74. The van der Waals surface area contributed by atoms with Crippen molar-refractivity contribution >= 4 is 46.8 Å². The van der Waals surface area contributed by atoms with Gasteiger partial charge in [-0.05, 0) is 86.8 Å². The molecular formula is C45H51ClN6O8. The van der Waals surface area contributed by atoms with Crippen LogP contribution in [0.1, 0.15) is 96.4 Å². The van der Waals surface area contributed by atoms with E-state index in [-0.39, 0.29) is 65.5 Å². The van der Waals surface area contributed by atoms with Crippen LogP contribution in [0.25, 0.3) is 0 Å². The molecule has 316 valence electrons. The molecule has 3 aromatic carbocycles. The molecule has 3 heterocycles. The molecule has 7 rings (SSSR count). The number of benzene rings is 3. The maximum absolute atomic E-state index is 13.5. The smallest absolute Gasteiger partial charge is 0.262 e. The number of piperazine rings is 1. The van der Waals surface area contributed by atoms with E-state index in [4.69, 9.17) is 21.1 Å². The Morgan fingerprint density at radius 1 is 0.933 bits per heavy atom. The van der Waals surface area contributed by atoms with Gasteiger partial charge in [-0.3, -0.25) is 39.1 Å². The van der Waals surface area contributed by atoms with Gasteiger partial charge in [0.15, 0.2) is 0 Å². The number of hydrogen-bond donors (Lipinski definition) is 3. The van der Waals surface area contributed by atoms with Crippen molar-refractivity contribution in [3.05, 3.63) is 87.9 Å². The lowest BCUT2D eigenvalue weighted by Gasteiger charge is -2.63. The Morgan fingerprint density at radius 3 is 2.33 bits per heavy atom. The molecule has 14 nitrogen and oxygen atoms in total. The molecule has 0 radical (unpaired) electrons. The Bertz CT molecular complexity index is 2210. The van der Waals surface area contributed by atoms with Gasteiger partial charge < -0.3 is 24.8 Å². The van der Waals surface area contributed by atoms with Crippen LogP contribution in [0, 0.1) is 22.2 Å². The molecule has 3 aliphatic heterocycles. The Hall–Kier alpha value is -5.49. The minimum Gasteiger partial charge on any atom is -0.494 e. The van der Waals surface area contributed by atoms with Crippen LogP contribution >= 0.6 is 11.6 Å². The molecule has 2 saturated heterocycles. The second-order valence-electron chi connectivity index (χ2n) is 17.2. The Morgan fingerprint density at radius 2 is 1.65 bits per heavy atom. The van der Waals surface area contributed by atoms with E-state index in [9.17, 15) is 34.3 Å². The maximum atomic E-state index is 13.5. The van der Waals surface area contributed by atoms with Gasteiger partial charge >= 0.3 is 0 Å². The van der Waals surface area contributed by atoms with Gasteiger partial charge in [0.2, 0.25) is 11.8 Å². The van der Waals surface area contributed by atoms with E-state index in [1.807, 2.05) is 24.3 Å². The first kappa shape index (κ1) is 42.6. The zero-order valence-electron chi connectivity index (χ0n) is 34.3. The molecule has 0 spiro atoms. The first-order valence-electron chi connectivity index (χ1n) is 20.5. The summed E-state index contributed by atoms with van der Waals surface area (Å²) in [6.07, 6.45) is 2.53. The average molecular weight is 839 g/mol. The predicted molar refractivity (Wildman–Crippen MR) is 223 cm³/mol. The van der Waals surface area contributed by atoms with Crippen molar-refractivity contribution < 1.29 is 38.6 Å². The van der Waals surface area contributed by atoms with Crippen molar-refractivity contribution in [3.63, 3.8) is 0 Å². The molecule has 3 aromatic rings. The van der Waals surface area contributed by atoms with Gasteiger partial charge in [-0.2, -0.15) is 5.26 Å². The van der Waals surface area contributed by atoms with Crippen LogP contribution in [0.5, 0.6) is 11.5 Å². The van der Waals surface area contributed by atoms with Crippen molar-refractivity contribution in [2.45, 2.75) is 84.0 Å². The molecule has 0 aromatic heterocycles. The first-order valence-corrected chi connectivity index (χ1v) is 20.9. The molecule has 1 aliphatic carbocycles. The fourth-order valence-electron chi connectivity index (χ4n) is 9.55. The predicted octanol–water partition coefficient (Wildman–Crippen LogP) is 4.96. The molecule has 3 fully saturated rings. The molecule has 3 N–H and O–H groups in total. The van der Waals surface area contributed by atoms with Crippen LogP contribution in [0.3, 0.4) is 0 Å². The molecule has 15 heteroatoms. The van der Waals surface area contributed by atoms with Gasteiger partial charge in [0, 0.05) is 60.2 Å². The number of imide groups is 2. The molecule has 1 unspecified atom stereocenters. The monoisotopic (exact) mass is 838 g/mol. The Kier molecular flexibility index (Phi) is 12.2. The van der Waals surface area contributed by atoms with Crippen LogP contribution < -0.4 is 25.0 Å². The molecule has 2 atom stereocenters. The normalized spacial score (nSPS) is 23.4. The zero-order chi connectivity index (χ0) is 42.9. The fourth-order valence-corrected chi connectivity index (χ4v) is 9.77. The maximum Gasteiger partial charge on any atom is 0.262 e. The quantitative estimate of drug-likeness (QED) is 0.148.